The van der Waals surface area contributed by atoms with Gasteiger partial charge in [0.15, 0.2) is 0 Å². The van der Waals surface area contributed by atoms with Crippen LogP contribution in [0.4, 0.5) is 0 Å². The van der Waals surface area contributed by atoms with E-state index in [1.807, 2.05) is 12.3 Å². The second-order valence-electron chi connectivity index (χ2n) is 5.00. The van der Waals surface area contributed by atoms with Crippen LogP contribution in [0.15, 0.2) is 30.7 Å². The molecule has 0 unspecified atom stereocenters. The summed E-state index contributed by atoms with van der Waals surface area (Å²) in [7, 11) is 0. The molecule has 17 heavy (non-hydrogen) atoms. The molecule has 0 spiro atoms. The van der Waals surface area contributed by atoms with E-state index in [1.165, 1.54) is 42.5 Å². The number of H-pyrrole nitrogens is 1. The molecule has 3 aliphatic heterocycles. The number of nitrogens with zero attached hydrogens (tertiary/aromatic N) is 2. The Morgan fingerprint density at radius 3 is 2.94 bits per heavy atom. The molecule has 1 N–H and O–H groups in total. The van der Waals surface area contributed by atoms with Gasteiger partial charge in [-0.1, -0.05) is 0 Å². The van der Waals surface area contributed by atoms with Crippen LogP contribution < -0.4 is 0 Å². The fraction of sp³-hybridized carbons (Fsp3) is 0.357. The summed E-state index contributed by atoms with van der Waals surface area (Å²) in [5.74, 6) is 0.749. The normalized spacial score (nSPS) is 20.0. The Hall–Kier alpha value is -1.77. The molecule has 3 nitrogen and oxygen atoms in total. The van der Waals surface area contributed by atoms with Gasteiger partial charge >= 0.3 is 0 Å². The zero-order valence-corrected chi connectivity index (χ0v) is 9.69. The Balaban J connectivity index is 1.89. The van der Waals surface area contributed by atoms with Crippen LogP contribution in [0, 0.1) is 5.92 Å². The van der Waals surface area contributed by atoms with Gasteiger partial charge in [-0.05, 0) is 36.5 Å². The first-order valence-electron chi connectivity index (χ1n) is 6.30. The van der Waals surface area contributed by atoms with Crippen molar-refractivity contribution in [3.05, 3.63) is 36.3 Å². The van der Waals surface area contributed by atoms with Gasteiger partial charge in [-0.15, -0.1) is 0 Å². The van der Waals surface area contributed by atoms with E-state index in [1.54, 1.807) is 0 Å². The molecule has 3 aliphatic rings. The van der Waals surface area contributed by atoms with Gasteiger partial charge in [0.25, 0.3) is 0 Å². The van der Waals surface area contributed by atoms with Gasteiger partial charge < -0.3 is 9.88 Å². The highest BCUT2D eigenvalue weighted by atomic mass is 15.1. The third kappa shape index (κ3) is 1.32. The summed E-state index contributed by atoms with van der Waals surface area (Å²) in [6.07, 6.45) is 8.92. The molecule has 1 saturated heterocycles. The van der Waals surface area contributed by atoms with Crippen molar-refractivity contribution in [2.45, 2.75) is 12.8 Å². The molecule has 2 aromatic heterocycles. The van der Waals surface area contributed by atoms with Crippen LogP contribution in [0.1, 0.15) is 18.4 Å². The van der Waals surface area contributed by atoms with E-state index in [-0.39, 0.29) is 0 Å². The number of hydrogen-bond acceptors (Lipinski definition) is 2. The lowest BCUT2D eigenvalue weighted by Crippen LogP contribution is -2.35. The van der Waals surface area contributed by atoms with Crippen LogP contribution in [0.5, 0.6) is 0 Å². The minimum Gasteiger partial charge on any atom is -0.377 e. The predicted octanol–water partition coefficient (Wildman–Crippen LogP) is 2.63. The Bertz CT molecular complexity index is 588. The first kappa shape index (κ1) is 9.28. The molecule has 3 heteroatoms. The molecule has 86 valence electrons. The van der Waals surface area contributed by atoms with Crippen molar-refractivity contribution in [1.82, 2.24) is 14.9 Å². The molecule has 5 heterocycles. The molecule has 0 radical (unpaired) electrons. The standard InChI is InChI=1S/C14H15N3/c1-2-11-12(8-16-14(11)15-5-1)13-9-17-6-3-10(13)4-7-17/h1-2,5,8-10H,3-4,6-7H2,(H,15,16). The fourth-order valence-electron chi connectivity index (χ4n) is 3.13. The average molecular weight is 225 g/mol. The number of pyridine rings is 1. The predicted molar refractivity (Wildman–Crippen MR) is 68.4 cm³/mol. The van der Waals surface area contributed by atoms with Crippen LogP contribution in [0.2, 0.25) is 0 Å². The quantitative estimate of drug-likeness (QED) is 0.809. The van der Waals surface area contributed by atoms with Crippen LogP contribution in [0.3, 0.4) is 0 Å². The van der Waals surface area contributed by atoms with Gasteiger partial charge in [0, 0.05) is 42.6 Å². The van der Waals surface area contributed by atoms with Gasteiger partial charge in [-0.25, -0.2) is 4.98 Å². The SMILES string of the molecule is C1=C(c2c[nH]c3ncccc23)C2CCN1CC2. The maximum atomic E-state index is 4.36. The minimum absolute atomic E-state index is 0.749. The molecule has 0 aliphatic carbocycles. The fourth-order valence-corrected chi connectivity index (χ4v) is 3.13. The van der Waals surface area contributed by atoms with E-state index in [2.05, 4.69) is 33.3 Å². The summed E-state index contributed by atoms with van der Waals surface area (Å²) in [6, 6.07) is 4.17. The second-order valence-corrected chi connectivity index (χ2v) is 5.00. The summed E-state index contributed by atoms with van der Waals surface area (Å²) in [5.41, 5.74) is 3.85. The molecule has 2 aromatic rings. The molecule has 0 saturated carbocycles. The number of nitrogens with one attached hydrogen (secondary N) is 1. The number of aromatic nitrogens is 2. The maximum absolute atomic E-state index is 4.36. The first-order valence-corrected chi connectivity index (χ1v) is 6.30. The summed E-state index contributed by atoms with van der Waals surface area (Å²) in [6.45, 7) is 2.46. The van der Waals surface area contributed by atoms with E-state index < -0.39 is 0 Å². The summed E-state index contributed by atoms with van der Waals surface area (Å²) in [5, 5.41) is 1.26. The zero-order chi connectivity index (χ0) is 11.2. The highest BCUT2D eigenvalue weighted by Crippen LogP contribution is 2.39. The third-order valence-corrected chi connectivity index (χ3v) is 4.05. The van der Waals surface area contributed by atoms with E-state index >= 15 is 0 Å². The van der Waals surface area contributed by atoms with Crippen molar-refractivity contribution < 1.29 is 0 Å². The number of aromatic amines is 1. The summed E-state index contributed by atoms with van der Waals surface area (Å²) >= 11 is 0. The van der Waals surface area contributed by atoms with Crippen LogP contribution in [-0.4, -0.2) is 28.0 Å². The molecule has 1 fully saturated rings. The average Bonchev–Trinajstić information content (AvgIpc) is 2.84. The van der Waals surface area contributed by atoms with Crippen molar-refractivity contribution in [3.8, 4) is 0 Å². The number of fused-ring (bicyclic) bond motifs is 3. The monoisotopic (exact) mass is 225 g/mol. The van der Waals surface area contributed by atoms with Crippen molar-refractivity contribution in [1.29, 1.82) is 0 Å². The molecule has 5 rings (SSSR count). The molecule has 0 atom stereocenters. The number of allylic oxidation sites excluding steroid dienone is 1. The van der Waals surface area contributed by atoms with E-state index in [0.29, 0.717) is 0 Å². The maximum Gasteiger partial charge on any atom is 0.137 e. The molecule has 0 aromatic carbocycles. The highest BCUT2D eigenvalue weighted by molar-refractivity contribution is 5.91. The summed E-state index contributed by atoms with van der Waals surface area (Å²) < 4.78 is 0. The van der Waals surface area contributed by atoms with Crippen LogP contribution in [-0.2, 0) is 0 Å². The van der Waals surface area contributed by atoms with Gasteiger partial charge in [0.1, 0.15) is 5.65 Å². The van der Waals surface area contributed by atoms with Crippen molar-refractivity contribution in [2.24, 2.45) is 5.92 Å². The zero-order valence-electron chi connectivity index (χ0n) is 9.69. The Labute approximate surface area is 100 Å². The topological polar surface area (TPSA) is 31.9 Å². The molecular weight excluding hydrogens is 210 g/mol. The van der Waals surface area contributed by atoms with Gasteiger partial charge in [0.2, 0.25) is 0 Å². The lowest BCUT2D eigenvalue weighted by Gasteiger charge is -2.39. The van der Waals surface area contributed by atoms with Crippen LogP contribution >= 0.6 is 0 Å². The van der Waals surface area contributed by atoms with E-state index in [9.17, 15) is 0 Å². The minimum atomic E-state index is 0.749. The van der Waals surface area contributed by atoms with Gasteiger partial charge in [-0.3, -0.25) is 0 Å². The van der Waals surface area contributed by atoms with E-state index in [0.717, 1.165) is 11.6 Å². The first-order chi connectivity index (χ1) is 8.42. The lowest BCUT2D eigenvalue weighted by atomic mass is 9.82. The second kappa shape index (κ2) is 3.36. The third-order valence-electron chi connectivity index (χ3n) is 4.05. The van der Waals surface area contributed by atoms with E-state index in [4.69, 9.17) is 0 Å². The van der Waals surface area contributed by atoms with Gasteiger partial charge in [-0.2, -0.15) is 0 Å². The molecule has 0 amide bonds. The van der Waals surface area contributed by atoms with Crippen LogP contribution in [0.25, 0.3) is 16.6 Å². The smallest absolute Gasteiger partial charge is 0.137 e. The Morgan fingerprint density at radius 2 is 2.18 bits per heavy atom. The lowest BCUT2D eigenvalue weighted by molar-refractivity contribution is 0.252. The number of hydrogen-bond donors (Lipinski definition) is 1. The Morgan fingerprint density at radius 1 is 1.29 bits per heavy atom. The molecular formula is C14H15N3. The largest absolute Gasteiger partial charge is 0.377 e. The molecule has 2 bridgehead atoms. The van der Waals surface area contributed by atoms with Crippen molar-refractivity contribution >= 4 is 16.6 Å². The number of rotatable bonds is 1. The number of piperidine rings is 1. The Kier molecular flexibility index (Phi) is 1.83. The van der Waals surface area contributed by atoms with Crippen molar-refractivity contribution in [3.63, 3.8) is 0 Å². The highest BCUT2D eigenvalue weighted by Gasteiger charge is 2.28. The summed E-state index contributed by atoms with van der Waals surface area (Å²) in [4.78, 5) is 10.1. The van der Waals surface area contributed by atoms with Gasteiger partial charge in [0.05, 0.1) is 0 Å². The van der Waals surface area contributed by atoms with Crippen molar-refractivity contribution in [2.75, 3.05) is 13.1 Å².